The van der Waals surface area contributed by atoms with E-state index < -0.39 is 0 Å². The summed E-state index contributed by atoms with van der Waals surface area (Å²) in [6.07, 6.45) is 0. The molecule has 0 fully saturated rings. The third-order valence-electron chi connectivity index (χ3n) is 4.44. The number of hydrogen-bond donors (Lipinski definition) is 1. The Labute approximate surface area is 168 Å². The van der Waals surface area contributed by atoms with Crippen LogP contribution in [-0.2, 0) is 0 Å². The van der Waals surface area contributed by atoms with Crippen molar-refractivity contribution >= 4 is 17.2 Å². The predicted molar refractivity (Wildman–Crippen MR) is 109 cm³/mol. The highest BCUT2D eigenvalue weighted by molar-refractivity contribution is 7.13. The lowest BCUT2D eigenvalue weighted by atomic mass is 10.3. The van der Waals surface area contributed by atoms with E-state index in [0.29, 0.717) is 24.1 Å². The summed E-state index contributed by atoms with van der Waals surface area (Å²) in [6, 6.07) is 10.2. The van der Waals surface area contributed by atoms with E-state index in [1.54, 1.807) is 16.8 Å². The molecular weight excluding hydrogens is 377 g/mol. The maximum absolute atomic E-state index is 13.3. The summed E-state index contributed by atoms with van der Waals surface area (Å²) in [5.41, 5.74) is 0.647. The summed E-state index contributed by atoms with van der Waals surface area (Å²) < 4.78 is 14.9. The van der Waals surface area contributed by atoms with Crippen LogP contribution >= 0.6 is 11.3 Å². The standard InChI is InChI=1S/C20H24FN5OS/c1-4-25(14(2)3)12-11-22-20(27)18-23-19(17-6-5-13-28-17)26(24-18)16-9-7-15(21)8-10-16/h5-10,13-14H,4,11-12H2,1-3H3,(H,22,27). The molecule has 2 aromatic heterocycles. The van der Waals surface area contributed by atoms with Crippen LogP contribution in [0, 0.1) is 5.82 Å². The van der Waals surface area contributed by atoms with E-state index in [4.69, 9.17) is 0 Å². The molecule has 0 saturated carbocycles. The van der Waals surface area contributed by atoms with Crippen molar-refractivity contribution in [2.24, 2.45) is 0 Å². The summed E-state index contributed by atoms with van der Waals surface area (Å²) in [5.74, 6) is 0.00746. The van der Waals surface area contributed by atoms with Crippen LogP contribution in [0.5, 0.6) is 0 Å². The molecule has 0 atom stereocenters. The first-order valence-electron chi connectivity index (χ1n) is 9.28. The van der Waals surface area contributed by atoms with Gasteiger partial charge >= 0.3 is 0 Å². The van der Waals surface area contributed by atoms with E-state index in [9.17, 15) is 9.18 Å². The maximum Gasteiger partial charge on any atom is 0.291 e. The molecular formula is C20H24FN5OS. The molecule has 2 heterocycles. The number of thiophene rings is 1. The van der Waals surface area contributed by atoms with E-state index in [2.05, 4.69) is 41.1 Å². The number of carbonyl (C=O) groups excluding carboxylic acids is 1. The number of nitrogens with one attached hydrogen (secondary N) is 1. The summed E-state index contributed by atoms with van der Waals surface area (Å²) >= 11 is 1.51. The monoisotopic (exact) mass is 401 g/mol. The summed E-state index contributed by atoms with van der Waals surface area (Å²) in [6.45, 7) is 8.56. The van der Waals surface area contributed by atoms with E-state index in [1.165, 1.54) is 23.5 Å². The zero-order valence-corrected chi connectivity index (χ0v) is 17.0. The van der Waals surface area contributed by atoms with Crippen molar-refractivity contribution in [3.63, 3.8) is 0 Å². The number of nitrogens with zero attached hydrogens (tertiary/aromatic N) is 4. The average molecular weight is 402 g/mol. The number of benzene rings is 1. The summed E-state index contributed by atoms with van der Waals surface area (Å²) in [5, 5.41) is 9.21. The lowest BCUT2D eigenvalue weighted by Crippen LogP contribution is -2.38. The molecule has 28 heavy (non-hydrogen) atoms. The van der Waals surface area contributed by atoms with Gasteiger partial charge in [-0.2, -0.15) is 0 Å². The van der Waals surface area contributed by atoms with Crippen LogP contribution in [0.3, 0.4) is 0 Å². The Bertz CT molecular complexity index is 905. The zero-order valence-electron chi connectivity index (χ0n) is 16.2. The minimum absolute atomic E-state index is 0.0975. The second-order valence-corrected chi connectivity index (χ2v) is 7.55. The fourth-order valence-corrected chi connectivity index (χ4v) is 3.61. The van der Waals surface area contributed by atoms with Crippen molar-refractivity contribution in [1.29, 1.82) is 0 Å². The number of aromatic nitrogens is 3. The first kappa shape index (κ1) is 20.2. The molecule has 0 aliphatic rings. The van der Waals surface area contributed by atoms with Crippen molar-refractivity contribution in [1.82, 2.24) is 25.0 Å². The van der Waals surface area contributed by atoms with Gasteiger partial charge in [0.25, 0.3) is 5.91 Å². The van der Waals surface area contributed by atoms with Gasteiger partial charge in [-0.1, -0.05) is 13.0 Å². The number of likely N-dealkylation sites (N-methyl/N-ethyl adjacent to an activating group) is 1. The minimum atomic E-state index is -0.329. The second-order valence-electron chi connectivity index (χ2n) is 6.60. The highest BCUT2D eigenvalue weighted by atomic mass is 32.1. The molecule has 1 N–H and O–H groups in total. The molecule has 0 aliphatic carbocycles. The van der Waals surface area contributed by atoms with E-state index in [-0.39, 0.29) is 17.5 Å². The Hall–Kier alpha value is -2.58. The molecule has 0 saturated heterocycles. The molecule has 0 aliphatic heterocycles. The molecule has 0 unspecified atom stereocenters. The fraction of sp³-hybridized carbons (Fsp3) is 0.350. The van der Waals surface area contributed by atoms with Crippen molar-refractivity contribution in [2.45, 2.75) is 26.8 Å². The van der Waals surface area contributed by atoms with Gasteiger partial charge in [0, 0.05) is 19.1 Å². The van der Waals surface area contributed by atoms with Gasteiger partial charge in [0.15, 0.2) is 5.82 Å². The van der Waals surface area contributed by atoms with Crippen molar-refractivity contribution in [3.05, 3.63) is 53.4 Å². The van der Waals surface area contributed by atoms with Crippen LogP contribution in [0.2, 0.25) is 0 Å². The number of halogens is 1. The van der Waals surface area contributed by atoms with Crippen molar-refractivity contribution in [3.8, 4) is 16.4 Å². The second kappa shape index (κ2) is 9.07. The van der Waals surface area contributed by atoms with Crippen LogP contribution in [-0.4, -0.2) is 51.2 Å². The molecule has 3 aromatic rings. The Morgan fingerprint density at radius 2 is 2.04 bits per heavy atom. The van der Waals surface area contributed by atoms with Gasteiger partial charge in [-0.05, 0) is 56.1 Å². The number of amides is 1. The highest BCUT2D eigenvalue weighted by Crippen LogP contribution is 2.25. The van der Waals surface area contributed by atoms with Gasteiger partial charge in [-0.15, -0.1) is 16.4 Å². The molecule has 1 amide bonds. The SMILES string of the molecule is CCN(CCNC(=O)c1nc(-c2cccs2)n(-c2ccc(F)cc2)n1)C(C)C. The van der Waals surface area contributed by atoms with Gasteiger partial charge in [0.05, 0.1) is 10.6 Å². The Morgan fingerprint density at radius 1 is 1.29 bits per heavy atom. The molecule has 0 radical (unpaired) electrons. The van der Waals surface area contributed by atoms with E-state index in [1.807, 2.05) is 17.5 Å². The van der Waals surface area contributed by atoms with Crippen LogP contribution in [0.1, 0.15) is 31.4 Å². The zero-order chi connectivity index (χ0) is 20.1. The van der Waals surface area contributed by atoms with Crippen LogP contribution < -0.4 is 5.32 Å². The topological polar surface area (TPSA) is 63.1 Å². The Kier molecular flexibility index (Phi) is 6.53. The highest BCUT2D eigenvalue weighted by Gasteiger charge is 2.19. The first-order valence-corrected chi connectivity index (χ1v) is 10.2. The van der Waals surface area contributed by atoms with Crippen molar-refractivity contribution in [2.75, 3.05) is 19.6 Å². The van der Waals surface area contributed by atoms with E-state index in [0.717, 1.165) is 18.0 Å². The summed E-state index contributed by atoms with van der Waals surface area (Å²) in [4.78, 5) is 20.2. The normalized spacial score (nSPS) is 11.4. The van der Waals surface area contributed by atoms with Gasteiger partial charge in [-0.25, -0.2) is 14.1 Å². The third kappa shape index (κ3) is 4.63. The molecule has 6 nitrogen and oxygen atoms in total. The van der Waals surface area contributed by atoms with Crippen LogP contribution in [0.4, 0.5) is 4.39 Å². The van der Waals surface area contributed by atoms with Crippen molar-refractivity contribution < 1.29 is 9.18 Å². The lowest BCUT2D eigenvalue weighted by Gasteiger charge is -2.24. The predicted octanol–water partition coefficient (Wildman–Crippen LogP) is 3.60. The number of carbonyl (C=O) groups is 1. The quantitative estimate of drug-likeness (QED) is 0.627. The smallest absolute Gasteiger partial charge is 0.291 e. The van der Waals surface area contributed by atoms with Gasteiger partial charge in [0.1, 0.15) is 5.82 Å². The maximum atomic E-state index is 13.3. The molecule has 3 rings (SSSR count). The van der Waals surface area contributed by atoms with E-state index >= 15 is 0 Å². The third-order valence-corrected chi connectivity index (χ3v) is 5.31. The molecule has 148 valence electrons. The largest absolute Gasteiger partial charge is 0.348 e. The number of rotatable bonds is 8. The molecule has 0 bridgehead atoms. The first-order chi connectivity index (χ1) is 13.5. The van der Waals surface area contributed by atoms with Crippen LogP contribution in [0.25, 0.3) is 16.4 Å². The number of hydrogen-bond acceptors (Lipinski definition) is 5. The fourth-order valence-electron chi connectivity index (χ4n) is 2.91. The average Bonchev–Trinajstić information content (AvgIpc) is 3.35. The van der Waals surface area contributed by atoms with Gasteiger partial charge in [0.2, 0.25) is 5.82 Å². The van der Waals surface area contributed by atoms with Gasteiger partial charge < -0.3 is 5.32 Å². The minimum Gasteiger partial charge on any atom is -0.348 e. The molecule has 8 heteroatoms. The Balaban J connectivity index is 1.81. The molecule has 0 spiro atoms. The lowest BCUT2D eigenvalue weighted by molar-refractivity contribution is 0.0935. The van der Waals surface area contributed by atoms with Crippen LogP contribution in [0.15, 0.2) is 41.8 Å². The summed E-state index contributed by atoms with van der Waals surface area (Å²) in [7, 11) is 0. The molecule has 1 aromatic carbocycles. The van der Waals surface area contributed by atoms with Gasteiger partial charge in [-0.3, -0.25) is 9.69 Å². The Morgan fingerprint density at radius 3 is 2.64 bits per heavy atom.